The molecule has 3 aromatic rings. The van der Waals surface area contributed by atoms with Crippen molar-refractivity contribution < 1.29 is 0 Å². The van der Waals surface area contributed by atoms with Gasteiger partial charge in [-0.05, 0) is 6.42 Å². The van der Waals surface area contributed by atoms with Crippen molar-refractivity contribution in [2.45, 2.75) is 45.3 Å². The van der Waals surface area contributed by atoms with E-state index in [4.69, 9.17) is 0 Å². The van der Waals surface area contributed by atoms with Crippen molar-refractivity contribution in [3.05, 3.63) is 35.1 Å². The number of aromatic nitrogens is 5. The van der Waals surface area contributed by atoms with Gasteiger partial charge in [0.1, 0.15) is 5.82 Å². The average Bonchev–Trinajstić information content (AvgIpc) is 3.17. The van der Waals surface area contributed by atoms with Crippen LogP contribution in [-0.2, 0) is 25.9 Å². The first kappa shape index (κ1) is 13.0. The Bertz CT molecular complexity index is 726. The van der Waals surface area contributed by atoms with Crippen LogP contribution in [0.15, 0.2) is 17.8 Å². The Morgan fingerprint density at radius 3 is 3.24 bits per heavy atom. The zero-order chi connectivity index (χ0) is 14.2. The Morgan fingerprint density at radius 1 is 1.43 bits per heavy atom. The van der Waals surface area contributed by atoms with Gasteiger partial charge in [0, 0.05) is 43.2 Å². The molecule has 0 fully saturated rings. The van der Waals surface area contributed by atoms with Crippen molar-refractivity contribution in [2.75, 3.05) is 0 Å². The first-order valence-electron chi connectivity index (χ1n) is 7.39. The van der Waals surface area contributed by atoms with E-state index in [1.54, 1.807) is 11.3 Å². The molecule has 0 aromatic carbocycles. The molecule has 0 saturated heterocycles. The third kappa shape index (κ3) is 2.47. The van der Waals surface area contributed by atoms with Crippen LogP contribution in [0.1, 0.15) is 30.7 Å². The highest BCUT2D eigenvalue weighted by Crippen LogP contribution is 2.15. The molecule has 1 N–H and O–H groups in total. The number of rotatable bonds is 4. The van der Waals surface area contributed by atoms with Crippen LogP contribution in [0.25, 0.3) is 4.96 Å². The highest BCUT2D eigenvalue weighted by Gasteiger charge is 2.21. The summed E-state index contributed by atoms with van der Waals surface area (Å²) in [5.74, 6) is 2.09. The first-order valence-corrected chi connectivity index (χ1v) is 8.27. The fourth-order valence-corrected chi connectivity index (χ4v) is 3.51. The second-order valence-corrected chi connectivity index (χ2v) is 6.29. The van der Waals surface area contributed by atoms with Crippen molar-refractivity contribution in [1.82, 2.24) is 29.5 Å². The maximum Gasteiger partial charge on any atom is 0.193 e. The molecule has 3 aromatic heterocycles. The third-order valence-electron chi connectivity index (χ3n) is 3.93. The molecular weight excluding hydrogens is 284 g/mol. The summed E-state index contributed by atoms with van der Waals surface area (Å²) in [6.45, 7) is 3.82. The van der Waals surface area contributed by atoms with E-state index >= 15 is 0 Å². The quantitative estimate of drug-likeness (QED) is 0.796. The van der Waals surface area contributed by atoms with Crippen molar-refractivity contribution in [3.8, 4) is 0 Å². The van der Waals surface area contributed by atoms with Gasteiger partial charge in [-0.3, -0.25) is 4.40 Å². The molecule has 0 amide bonds. The van der Waals surface area contributed by atoms with Crippen molar-refractivity contribution >= 4 is 16.3 Å². The van der Waals surface area contributed by atoms with Gasteiger partial charge in [-0.25, -0.2) is 14.6 Å². The SMILES string of the molecule is CCc1nc2n(n1)C[C@H](NCc1cn3ccsc3n1)CC2. The molecule has 1 aliphatic rings. The fourth-order valence-electron chi connectivity index (χ4n) is 2.79. The monoisotopic (exact) mass is 302 g/mol. The van der Waals surface area contributed by atoms with E-state index in [9.17, 15) is 0 Å². The van der Waals surface area contributed by atoms with E-state index in [1.165, 1.54) is 0 Å². The maximum absolute atomic E-state index is 4.60. The molecule has 4 rings (SSSR count). The summed E-state index contributed by atoms with van der Waals surface area (Å²) in [6.07, 6.45) is 7.17. The average molecular weight is 302 g/mol. The molecule has 0 bridgehead atoms. The Kier molecular flexibility index (Phi) is 3.23. The van der Waals surface area contributed by atoms with Crippen LogP contribution in [0.4, 0.5) is 0 Å². The predicted molar refractivity (Wildman–Crippen MR) is 81.4 cm³/mol. The van der Waals surface area contributed by atoms with Crippen LogP contribution in [0.3, 0.4) is 0 Å². The van der Waals surface area contributed by atoms with Gasteiger partial charge in [0.25, 0.3) is 0 Å². The minimum Gasteiger partial charge on any atom is -0.306 e. The summed E-state index contributed by atoms with van der Waals surface area (Å²) >= 11 is 1.67. The van der Waals surface area contributed by atoms with Crippen molar-refractivity contribution in [3.63, 3.8) is 0 Å². The van der Waals surface area contributed by atoms with Gasteiger partial charge in [-0.15, -0.1) is 11.3 Å². The van der Waals surface area contributed by atoms with Crippen molar-refractivity contribution in [2.24, 2.45) is 0 Å². The lowest BCUT2D eigenvalue weighted by molar-refractivity contribution is 0.356. The highest BCUT2D eigenvalue weighted by atomic mass is 32.1. The summed E-state index contributed by atoms with van der Waals surface area (Å²) in [7, 11) is 0. The van der Waals surface area contributed by atoms with E-state index in [-0.39, 0.29) is 0 Å². The summed E-state index contributed by atoms with van der Waals surface area (Å²) in [6, 6.07) is 0.448. The van der Waals surface area contributed by atoms with E-state index in [0.717, 1.165) is 54.7 Å². The van der Waals surface area contributed by atoms with Gasteiger partial charge in [-0.1, -0.05) is 6.92 Å². The van der Waals surface area contributed by atoms with Gasteiger partial charge in [0.15, 0.2) is 10.8 Å². The standard InChI is InChI=1S/C14H18N6S/c1-2-12-17-13-4-3-10(9-20(13)18-12)15-7-11-8-19-5-6-21-14(19)16-11/h5-6,8,10,15H,2-4,7,9H2,1H3/t10-/m1/s1. The van der Waals surface area contributed by atoms with Gasteiger partial charge in [0.05, 0.1) is 12.2 Å². The normalized spacial score (nSPS) is 18.2. The first-order chi connectivity index (χ1) is 10.3. The van der Waals surface area contributed by atoms with Gasteiger partial charge >= 0.3 is 0 Å². The van der Waals surface area contributed by atoms with Crippen LogP contribution in [0, 0.1) is 0 Å². The largest absolute Gasteiger partial charge is 0.306 e. The smallest absolute Gasteiger partial charge is 0.193 e. The number of thiazole rings is 1. The summed E-state index contributed by atoms with van der Waals surface area (Å²) in [5.41, 5.74) is 1.10. The number of nitrogens with zero attached hydrogens (tertiary/aromatic N) is 5. The lowest BCUT2D eigenvalue weighted by atomic mass is 10.1. The van der Waals surface area contributed by atoms with Gasteiger partial charge in [0.2, 0.25) is 0 Å². The molecule has 7 heteroatoms. The minimum atomic E-state index is 0.448. The molecule has 1 aliphatic heterocycles. The summed E-state index contributed by atoms with van der Waals surface area (Å²) in [5, 5.41) is 10.2. The van der Waals surface area contributed by atoms with E-state index in [2.05, 4.69) is 48.0 Å². The van der Waals surface area contributed by atoms with Gasteiger partial charge < -0.3 is 5.32 Å². The second-order valence-electron chi connectivity index (χ2n) is 5.42. The van der Waals surface area contributed by atoms with E-state index in [0.29, 0.717) is 6.04 Å². The van der Waals surface area contributed by atoms with Crippen LogP contribution in [0.5, 0.6) is 0 Å². The highest BCUT2D eigenvalue weighted by molar-refractivity contribution is 7.15. The lowest BCUT2D eigenvalue weighted by Gasteiger charge is -2.23. The molecule has 0 aliphatic carbocycles. The van der Waals surface area contributed by atoms with Crippen LogP contribution in [0.2, 0.25) is 0 Å². The number of fused-ring (bicyclic) bond motifs is 2. The number of aryl methyl sites for hydroxylation is 2. The van der Waals surface area contributed by atoms with Crippen LogP contribution >= 0.6 is 11.3 Å². The zero-order valence-electron chi connectivity index (χ0n) is 12.0. The Labute approximate surface area is 126 Å². The van der Waals surface area contributed by atoms with Gasteiger partial charge in [-0.2, -0.15) is 5.10 Å². The Balaban J connectivity index is 1.40. The summed E-state index contributed by atoms with van der Waals surface area (Å²) in [4.78, 5) is 10.2. The topological polar surface area (TPSA) is 60.0 Å². The molecular formula is C14H18N6S. The predicted octanol–water partition coefficient (Wildman–Crippen LogP) is 1.65. The fraction of sp³-hybridized carbons (Fsp3) is 0.500. The Morgan fingerprint density at radius 2 is 2.38 bits per heavy atom. The van der Waals surface area contributed by atoms with Crippen LogP contribution in [-0.4, -0.2) is 30.2 Å². The number of nitrogens with one attached hydrogen (secondary N) is 1. The number of hydrogen-bond acceptors (Lipinski definition) is 5. The van der Waals surface area contributed by atoms with E-state index in [1.807, 2.05) is 6.20 Å². The van der Waals surface area contributed by atoms with E-state index < -0.39 is 0 Å². The lowest BCUT2D eigenvalue weighted by Crippen LogP contribution is -2.37. The second kappa shape index (κ2) is 5.23. The van der Waals surface area contributed by atoms with Crippen molar-refractivity contribution in [1.29, 1.82) is 0 Å². The summed E-state index contributed by atoms with van der Waals surface area (Å²) < 4.78 is 4.14. The van der Waals surface area contributed by atoms with Crippen LogP contribution < -0.4 is 5.32 Å². The molecule has 0 unspecified atom stereocenters. The molecule has 6 nitrogen and oxygen atoms in total. The number of hydrogen-bond donors (Lipinski definition) is 1. The number of imidazole rings is 1. The molecule has 0 spiro atoms. The molecule has 21 heavy (non-hydrogen) atoms. The molecule has 1 atom stereocenters. The third-order valence-corrected chi connectivity index (χ3v) is 4.70. The zero-order valence-corrected chi connectivity index (χ0v) is 12.8. The molecule has 4 heterocycles. The Hall–Kier alpha value is -1.73. The molecule has 110 valence electrons. The maximum atomic E-state index is 4.60. The molecule has 0 radical (unpaired) electrons. The minimum absolute atomic E-state index is 0.448. The molecule has 0 saturated carbocycles.